The number of carbonyl (C=O) groups excluding carboxylic acids is 7. The molecule has 4 heterocycles. The molecule has 0 unspecified atom stereocenters. The summed E-state index contributed by atoms with van der Waals surface area (Å²) in [5.41, 5.74) is 6.74. The molecule has 25 nitrogen and oxygen atoms in total. The zero-order valence-electron chi connectivity index (χ0n) is 77.4. The zero-order valence-corrected chi connectivity index (χ0v) is 77.1. The predicted octanol–water partition coefficient (Wildman–Crippen LogP) is 21.1. The Balaban J connectivity index is 0.000000251. The van der Waals surface area contributed by atoms with E-state index >= 15 is 0 Å². The third-order valence-corrected chi connectivity index (χ3v) is 18.9. The normalized spacial score (nSPS) is 11.4. The SMILES string of the molecule is COc1ccc2nc(Cl)c(C(C)=O)cc2c1.COc1ccc2nc(OC)c(C(=O)/C=C/c3cc(C)c(OC(C)(C)C(=O)O)c(C)c3)cc2c1.COc1ccc2nc(OC)c(C(=O)/C=C/c3cc(C)c(OC(C)(C)C(=O)OC(C)(C)C)c(C)c3)cc2c1.COc1ccc2nc(OC)c(C(C)=O)cc2c1.Cc1cc(C=O)cc(C)c1OC(C)(C)C(=O)OC(C)(C)C.[3H]C. The summed E-state index contributed by atoms with van der Waals surface area (Å²) in [5.74, 6) is 2.82. The van der Waals surface area contributed by atoms with Crippen LogP contribution in [0.1, 0.15) is 202 Å². The maximum absolute atomic E-state index is 13.1. The molecule has 0 radical (unpaired) electrons. The van der Waals surface area contributed by atoms with E-state index in [1.54, 1.807) is 117 Å². The average Bonchev–Trinajstić information content (AvgIpc) is 0.805. The van der Waals surface area contributed by atoms with E-state index < -0.39 is 45.9 Å². The highest BCUT2D eigenvalue weighted by molar-refractivity contribution is 6.33. The van der Waals surface area contributed by atoms with Gasteiger partial charge in [0.25, 0.3) is 0 Å². The van der Waals surface area contributed by atoms with Crippen molar-refractivity contribution in [3.8, 4) is 57.9 Å². The molecule has 0 amide bonds. The fourth-order valence-electron chi connectivity index (χ4n) is 12.3. The summed E-state index contributed by atoms with van der Waals surface area (Å²) < 4.78 is 71.0. The number of carboxylic acid groups (broad SMARTS) is 1. The molecule has 0 aliphatic heterocycles. The van der Waals surface area contributed by atoms with Crippen molar-refractivity contribution in [3.05, 3.63) is 223 Å². The van der Waals surface area contributed by atoms with Crippen LogP contribution < -0.4 is 47.4 Å². The highest BCUT2D eigenvalue weighted by Gasteiger charge is 2.38. The smallest absolute Gasteiger partial charge is 0.350 e. The number of ketones is 4. The van der Waals surface area contributed by atoms with Crippen molar-refractivity contribution in [1.82, 2.24) is 19.9 Å². The van der Waals surface area contributed by atoms with Crippen LogP contribution in [0.25, 0.3) is 55.8 Å². The Bertz CT molecular complexity index is 5870. The number of rotatable bonds is 25. The summed E-state index contributed by atoms with van der Waals surface area (Å²) in [7, 11) is 12.1. The standard InChI is InChI=1S/C30H35NO6.C26H27NO6.C17H24O4.C13H13NO3.C12H10ClNO2.CH4/c1-18-14-20(15-19(2)26(18)36-30(6,7)28(33)37-29(3,4)5)10-13-25(32)23-17-21-16-22(34-8)11-12-24(21)31-27(23)35-9;1-15-11-17(12-16(2)23(15)33-26(3,4)25(29)30)7-10-22(28)20-14-18-13-19(31-5)8-9-21(18)27-24(20)32-6;1-11-8-13(10-18)9-12(2)14(11)20-17(6,7)15(19)21-16(3,4)5;1-8(15)11-7-9-6-10(16-2)4-5-12(9)14-13(11)17-3;1-7(15)10-6-8-5-9(16-2)3-4-11(8)14-12(10)13;/h10-17H,1-9H3;7-14H,1-6H3,(H,29,30);8-10H,1-7H3;4-7H,1-3H3;3-6H,1-2H3;1H4/b13-10+;10-7+;;;;/i;;;;;1T. The Morgan fingerprint density at radius 2 is 0.632 bits per heavy atom. The van der Waals surface area contributed by atoms with Gasteiger partial charge in [-0.2, -0.15) is 0 Å². The Hall–Kier alpha value is -13.3. The van der Waals surface area contributed by atoms with Crippen molar-refractivity contribution in [1.29, 1.82) is 0 Å². The summed E-state index contributed by atoms with van der Waals surface area (Å²) in [6.45, 7) is 34.8. The third kappa shape index (κ3) is 27.1. The molecule has 4 aromatic heterocycles. The summed E-state index contributed by atoms with van der Waals surface area (Å²) in [6.07, 6.45) is 7.18. The van der Waals surface area contributed by atoms with Crippen LogP contribution in [-0.4, -0.2) is 150 Å². The number of halogens is 1. The van der Waals surface area contributed by atoms with Gasteiger partial charge in [0.2, 0.25) is 17.6 Å². The van der Waals surface area contributed by atoms with E-state index in [9.17, 15) is 43.5 Å². The van der Waals surface area contributed by atoms with Crippen molar-refractivity contribution >= 4 is 115 Å². The van der Waals surface area contributed by atoms with Crippen LogP contribution in [0.15, 0.2) is 146 Å². The summed E-state index contributed by atoms with van der Waals surface area (Å²) in [6, 6.07) is 39.7. The number of hydrogen-bond donors (Lipinski definition) is 1. The van der Waals surface area contributed by atoms with Crippen LogP contribution in [-0.2, 0) is 23.9 Å². The van der Waals surface area contributed by atoms with Crippen LogP contribution in [0.4, 0.5) is 0 Å². The van der Waals surface area contributed by atoms with E-state index in [0.29, 0.717) is 73.5 Å². The minimum Gasteiger partial charge on any atom is -0.497 e. The van der Waals surface area contributed by atoms with E-state index in [0.717, 1.165) is 94.9 Å². The molecule has 26 heteroatoms. The Labute approximate surface area is 737 Å². The maximum Gasteiger partial charge on any atom is 0.350 e. The summed E-state index contributed by atoms with van der Waals surface area (Å²) in [5, 5.41) is 12.8. The largest absolute Gasteiger partial charge is 0.497 e. The first-order valence-corrected chi connectivity index (χ1v) is 39.7. The van der Waals surface area contributed by atoms with Gasteiger partial charge in [0, 0.05) is 28.5 Å². The number of allylic oxidation sites excluding steroid dienone is 2. The molecule has 0 spiro atoms. The van der Waals surface area contributed by atoms with E-state index in [1.807, 2.05) is 168 Å². The molecule has 11 aromatic rings. The van der Waals surface area contributed by atoms with E-state index in [-0.39, 0.29) is 40.0 Å². The first kappa shape index (κ1) is 98.8. The van der Waals surface area contributed by atoms with Gasteiger partial charge in [0.15, 0.2) is 39.9 Å². The molecule has 11 rings (SSSR count). The lowest BCUT2D eigenvalue weighted by Gasteiger charge is -2.30. The molecule has 125 heavy (non-hydrogen) atoms. The molecule has 7 aromatic carbocycles. The molecule has 0 aliphatic rings. The predicted molar refractivity (Wildman–Crippen MR) is 488 cm³/mol. The van der Waals surface area contributed by atoms with Gasteiger partial charge in [-0.3, -0.25) is 24.0 Å². The Morgan fingerprint density at radius 3 is 0.896 bits per heavy atom. The molecule has 0 aliphatic carbocycles. The van der Waals surface area contributed by atoms with Gasteiger partial charge in [-0.05, 0) is 329 Å². The molecule has 1 N–H and O–H groups in total. The van der Waals surface area contributed by atoms with Crippen molar-refractivity contribution < 1.29 is 102 Å². The quantitative estimate of drug-likeness (QED) is 0.0183. The van der Waals surface area contributed by atoms with Crippen LogP contribution in [0.5, 0.6) is 57.9 Å². The number of aldehydes is 1. The van der Waals surface area contributed by atoms with Gasteiger partial charge >= 0.3 is 17.9 Å². The Kier molecular flexibility index (Phi) is 33.7. The number of Topliss-reactive ketones (excluding diaryl/α,β-unsaturated/α-hetero) is 2. The van der Waals surface area contributed by atoms with Crippen molar-refractivity contribution in [2.24, 2.45) is 0 Å². The number of carboxylic acids is 1. The molecule has 662 valence electrons. The minimum atomic E-state index is -1.36. The van der Waals surface area contributed by atoms with Gasteiger partial charge in [0.05, 0.1) is 94.1 Å². The van der Waals surface area contributed by atoms with E-state index in [1.165, 1.54) is 68.6 Å². The first-order valence-electron chi connectivity index (χ1n) is 40.3. The number of methoxy groups -OCH3 is 7. The minimum absolute atomic E-state index is 0.0703. The number of nitrogens with zero attached hydrogens (tertiary/aromatic N) is 4. The highest BCUT2D eigenvalue weighted by atomic mass is 35.5. The molecular weight excluding hydrogens is 1620 g/mol. The monoisotopic (exact) mass is 1730 g/mol. The van der Waals surface area contributed by atoms with Crippen molar-refractivity contribution in [2.45, 2.75) is 174 Å². The fraction of sp³-hybridized carbons (Fsp3) is 0.333. The van der Waals surface area contributed by atoms with Crippen LogP contribution in [0, 0.1) is 41.5 Å². The third-order valence-electron chi connectivity index (χ3n) is 18.6. The fourth-order valence-corrected chi connectivity index (χ4v) is 12.6. The lowest BCUT2D eigenvalue weighted by atomic mass is 10.0. The Morgan fingerprint density at radius 1 is 0.368 bits per heavy atom. The van der Waals surface area contributed by atoms with Gasteiger partial charge in [-0.15, -0.1) is 0 Å². The number of esters is 2. The number of aryl methyl sites for hydroxylation is 6. The van der Waals surface area contributed by atoms with Gasteiger partial charge < -0.3 is 61.9 Å². The highest BCUT2D eigenvalue weighted by Crippen LogP contribution is 2.36. The number of carbonyl (C=O) groups is 8. The molecule has 0 bridgehead atoms. The van der Waals surface area contributed by atoms with Gasteiger partial charge in [-0.25, -0.2) is 34.3 Å². The summed E-state index contributed by atoms with van der Waals surface area (Å²) in [4.78, 5) is 113. The molecule has 0 atom stereocenters. The number of pyridine rings is 4. The zero-order chi connectivity index (χ0) is 94.4. The number of aliphatic carboxylic acids is 1. The molecule has 0 saturated heterocycles. The number of fused-ring (bicyclic) bond motifs is 4. The number of benzene rings is 7. The molecular formula is C99H113ClN4O21. The second-order valence-electron chi connectivity index (χ2n) is 32.4. The van der Waals surface area contributed by atoms with Crippen molar-refractivity contribution in [2.75, 3.05) is 49.8 Å². The van der Waals surface area contributed by atoms with Crippen molar-refractivity contribution in [3.63, 3.8) is 0 Å². The molecule has 0 fully saturated rings. The summed E-state index contributed by atoms with van der Waals surface area (Å²) >= 11 is 5.91. The van der Waals surface area contributed by atoms with E-state index in [2.05, 4.69) is 19.9 Å². The van der Waals surface area contributed by atoms with Crippen LogP contribution in [0.3, 0.4) is 0 Å². The number of hydrogen-bond acceptors (Lipinski definition) is 24. The second-order valence-corrected chi connectivity index (χ2v) is 32.8. The van der Waals surface area contributed by atoms with Crippen LogP contribution in [0.2, 0.25) is 5.15 Å². The van der Waals surface area contributed by atoms with Crippen LogP contribution >= 0.6 is 11.6 Å². The average molecular weight is 1730 g/mol. The number of aromatic nitrogens is 4. The molecule has 0 saturated carbocycles. The lowest BCUT2D eigenvalue weighted by Crippen LogP contribution is -2.43. The maximum atomic E-state index is 13.1. The van der Waals surface area contributed by atoms with Gasteiger partial charge in [-0.1, -0.05) is 31.2 Å². The second kappa shape index (κ2) is 42.7. The van der Waals surface area contributed by atoms with E-state index in [4.69, 9.17) is 69.8 Å². The van der Waals surface area contributed by atoms with Gasteiger partial charge in [0.1, 0.15) is 62.9 Å². The number of ether oxygens (including phenoxy) is 12. The topological polar surface area (TPSA) is 319 Å². The first-order chi connectivity index (χ1) is 59.0. The lowest BCUT2D eigenvalue weighted by molar-refractivity contribution is -0.171.